The number of pyridine rings is 1. The highest BCUT2D eigenvalue weighted by atomic mass is 35.5. The summed E-state index contributed by atoms with van der Waals surface area (Å²) in [4.78, 5) is 31.6. The molecule has 2 aromatic rings. The molecule has 204 valence electrons. The van der Waals surface area contributed by atoms with Gasteiger partial charge in [-0.1, -0.05) is 35.3 Å². The van der Waals surface area contributed by atoms with Crippen LogP contribution >= 0.6 is 23.2 Å². The summed E-state index contributed by atoms with van der Waals surface area (Å²) in [5.41, 5.74) is 3.97. The fourth-order valence-electron chi connectivity index (χ4n) is 4.26. The van der Waals surface area contributed by atoms with Gasteiger partial charge >= 0.3 is 12.1 Å². The number of hydrogen-bond acceptors (Lipinski definition) is 8. The van der Waals surface area contributed by atoms with Crippen molar-refractivity contribution < 1.29 is 27.6 Å². The molecule has 1 aliphatic heterocycles. The molecule has 0 fully saturated rings. The first-order chi connectivity index (χ1) is 17.8. The second-order valence-corrected chi connectivity index (χ2v) is 9.03. The SMILES string of the molecule is CCOC(=O)C1=C(N)N(C)C(N(CC)Cc2ccc(Cl)nc2)=C([N+](=O)[O-])C1c1ccc(Cl)cc1C(F)(F)F. The third-order valence-electron chi connectivity index (χ3n) is 5.91. The molecule has 0 aliphatic carbocycles. The number of aromatic nitrogens is 1. The minimum absolute atomic E-state index is 0.0825. The fraction of sp³-hybridized carbons (Fsp3) is 0.333. The molecule has 38 heavy (non-hydrogen) atoms. The van der Waals surface area contributed by atoms with Gasteiger partial charge in [-0.15, -0.1) is 0 Å². The molecule has 0 radical (unpaired) electrons. The van der Waals surface area contributed by atoms with Gasteiger partial charge < -0.3 is 20.3 Å². The van der Waals surface area contributed by atoms with Crippen LogP contribution in [-0.2, 0) is 22.3 Å². The summed E-state index contributed by atoms with van der Waals surface area (Å²) in [6.45, 7) is 3.35. The molecule has 14 heteroatoms. The van der Waals surface area contributed by atoms with Crippen molar-refractivity contribution in [1.82, 2.24) is 14.8 Å². The number of rotatable bonds is 8. The van der Waals surface area contributed by atoms with Crippen molar-refractivity contribution in [2.24, 2.45) is 5.73 Å². The molecule has 0 amide bonds. The molecule has 2 heterocycles. The highest BCUT2D eigenvalue weighted by Gasteiger charge is 2.49. The minimum atomic E-state index is -4.95. The quantitative estimate of drug-likeness (QED) is 0.200. The average molecular weight is 574 g/mol. The monoisotopic (exact) mass is 573 g/mol. The lowest BCUT2D eigenvalue weighted by atomic mass is 9.82. The Morgan fingerprint density at radius 3 is 2.47 bits per heavy atom. The maximum absolute atomic E-state index is 14.2. The van der Waals surface area contributed by atoms with Gasteiger partial charge in [0, 0.05) is 31.4 Å². The molecule has 0 spiro atoms. The van der Waals surface area contributed by atoms with E-state index in [2.05, 4.69) is 4.98 Å². The van der Waals surface area contributed by atoms with Crippen LogP contribution in [0.3, 0.4) is 0 Å². The summed E-state index contributed by atoms with van der Waals surface area (Å²) in [6, 6.07) is 6.03. The first-order valence-electron chi connectivity index (χ1n) is 11.3. The van der Waals surface area contributed by atoms with E-state index in [0.29, 0.717) is 11.6 Å². The number of nitro groups is 1. The molecule has 2 N–H and O–H groups in total. The molecule has 0 saturated heterocycles. The van der Waals surface area contributed by atoms with Gasteiger partial charge in [0.15, 0.2) is 5.82 Å². The number of alkyl halides is 3. The summed E-state index contributed by atoms with van der Waals surface area (Å²) in [5, 5.41) is 12.6. The lowest BCUT2D eigenvalue weighted by Crippen LogP contribution is -2.44. The van der Waals surface area contributed by atoms with Gasteiger partial charge in [-0.3, -0.25) is 10.1 Å². The van der Waals surface area contributed by atoms with E-state index in [4.69, 9.17) is 33.7 Å². The number of carbonyl (C=O) groups is 1. The van der Waals surface area contributed by atoms with Gasteiger partial charge in [-0.25, -0.2) is 9.78 Å². The minimum Gasteiger partial charge on any atom is -0.463 e. The van der Waals surface area contributed by atoms with E-state index >= 15 is 0 Å². The Balaban J connectivity index is 2.36. The van der Waals surface area contributed by atoms with Crippen molar-refractivity contribution in [2.45, 2.75) is 32.5 Å². The normalized spacial score (nSPS) is 16.1. The second kappa shape index (κ2) is 11.5. The average Bonchev–Trinajstić information content (AvgIpc) is 2.84. The van der Waals surface area contributed by atoms with E-state index in [1.807, 2.05) is 0 Å². The van der Waals surface area contributed by atoms with Crippen molar-refractivity contribution >= 4 is 29.2 Å². The number of allylic oxidation sites excluding steroid dienone is 1. The number of halogens is 5. The molecule has 9 nitrogen and oxygen atoms in total. The van der Waals surface area contributed by atoms with Gasteiger partial charge in [-0.2, -0.15) is 13.2 Å². The Kier molecular flexibility index (Phi) is 8.78. The predicted molar refractivity (Wildman–Crippen MR) is 134 cm³/mol. The van der Waals surface area contributed by atoms with Crippen LogP contribution in [0.5, 0.6) is 0 Å². The molecule has 0 bridgehead atoms. The summed E-state index contributed by atoms with van der Waals surface area (Å²) >= 11 is 11.7. The topological polar surface area (TPSA) is 115 Å². The summed E-state index contributed by atoms with van der Waals surface area (Å²) < 4.78 is 47.5. The van der Waals surface area contributed by atoms with Crippen molar-refractivity contribution in [3.05, 3.63) is 96.4 Å². The van der Waals surface area contributed by atoms with E-state index in [0.717, 1.165) is 12.1 Å². The van der Waals surface area contributed by atoms with Crippen LogP contribution in [0.15, 0.2) is 59.4 Å². The van der Waals surface area contributed by atoms with E-state index in [9.17, 15) is 28.1 Å². The molecule has 1 atom stereocenters. The van der Waals surface area contributed by atoms with E-state index in [1.165, 1.54) is 31.1 Å². The van der Waals surface area contributed by atoms with Gasteiger partial charge in [-0.05, 0) is 43.2 Å². The van der Waals surface area contributed by atoms with Gasteiger partial charge in [0.2, 0.25) is 0 Å². The smallest absolute Gasteiger partial charge is 0.416 e. The Morgan fingerprint density at radius 1 is 1.26 bits per heavy atom. The van der Waals surface area contributed by atoms with Crippen molar-refractivity contribution in [2.75, 3.05) is 20.2 Å². The van der Waals surface area contributed by atoms with Crippen LogP contribution in [0.1, 0.15) is 36.5 Å². The molecule has 1 aliphatic rings. The predicted octanol–water partition coefficient (Wildman–Crippen LogP) is 5.14. The Morgan fingerprint density at radius 2 is 1.95 bits per heavy atom. The maximum atomic E-state index is 14.2. The third kappa shape index (κ3) is 5.81. The zero-order valence-corrected chi connectivity index (χ0v) is 22.1. The zero-order valence-electron chi connectivity index (χ0n) is 20.6. The molecule has 1 unspecified atom stereocenters. The fourth-order valence-corrected chi connectivity index (χ4v) is 4.54. The molecule has 0 saturated carbocycles. The van der Waals surface area contributed by atoms with Crippen molar-refractivity contribution in [3.8, 4) is 0 Å². The molecule has 1 aromatic carbocycles. The van der Waals surface area contributed by atoms with Crippen molar-refractivity contribution in [3.63, 3.8) is 0 Å². The number of benzene rings is 1. The van der Waals surface area contributed by atoms with Crippen LogP contribution in [0, 0.1) is 10.1 Å². The number of nitrogens with two attached hydrogens (primary N) is 1. The van der Waals surface area contributed by atoms with E-state index < -0.39 is 45.4 Å². The molecule has 1 aromatic heterocycles. The highest BCUT2D eigenvalue weighted by Crippen LogP contribution is 2.46. The second-order valence-electron chi connectivity index (χ2n) is 8.21. The van der Waals surface area contributed by atoms with Crippen LogP contribution < -0.4 is 5.73 Å². The van der Waals surface area contributed by atoms with Crippen molar-refractivity contribution in [1.29, 1.82) is 0 Å². The van der Waals surface area contributed by atoms with Crippen LogP contribution in [0.2, 0.25) is 10.2 Å². The molecule has 3 rings (SSSR count). The molecular formula is C24H24Cl2F3N5O4. The Labute approximate surface area is 226 Å². The summed E-state index contributed by atoms with van der Waals surface area (Å²) in [5.74, 6) is -3.27. The number of ether oxygens (including phenoxy) is 1. The number of nitrogens with zero attached hydrogens (tertiary/aromatic N) is 4. The van der Waals surface area contributed by atoms with Gasteiger partial charge in [0.1, 0.15) is 16.9 Å². The number of hydrogen-bond donors (Lipinski definition) is 1. The lowest BCUT2D eigenvalue weighted by molar-refractivity contribution is -0.433. The van der Waals surface area contributed by atoms with Crippen LogP contribution in [0.4, 0.5) is 13.2 Å². The first-order valence-corrected chi connectivity index (χ1v) is 12.1. The largest absolute Gasteiger partial charge is 0.463 e. The highest BCUT2D eigenvalue weighted by molar-refractivity contribution is 6.30. The number of esters is 1. The van der Waals surface area contributed by atoms with Gasteiger partial charge in [0.25, 0.3) is 5.70 Å². The standard InChI is InChI=1S/C24H24Cl2F3N5O4/c1-4-33(12-13-6-9-17(26)31-11-13)22-20(34(36)37)18(19(21(30)32(22)3)23(35)38-5-2)15-8-7-14(25)10-16(15)24(27,28)29/h6-11,18H,4-5,12,30H2,1-3H3. The third-order valence-corrected chi connectivity index (χ3v) is 6.37. The van der Waals surface area contributed by atoms with E-state index in [1.54, 1.807) is 17.9 Å². The maximum Gasteiger partial charge on any atom is 0.416 e. The summed E-state index contributed by atoms with van der Waals surface area (Å²) in [6.07, 6.45) is -3.47. The van der Waals surface area contributed by atoms with Crippen LogP contribution in [0.25, 0.3) is 0 Å². The van der Waals surface area contributed by atoms with Crippen LogP contribution in [-0.4, -0.2) is 45.9 Å². The summed E-state index contributed by atoms with van der Waals surface area (Å²) in [7, 11) is 1.39. The molecular weight excluding hydrogens is 550 g/mol. The lowest BCUT2D eigenvalue weighted by Gasteiger charge is -2.38. The Bertz CT molecular complexity index is 1300. The number of carbonyl (C=O) groups excluding carboxylic acids is 1. The van der Waals surface area contributed by atoms with Gasteiger partial charge in [0.05, 0.1) is 22.7 Å². The van der Waals surface area contributed by atoms with E-state index in [-0.39, 0.29) is 41.5 Å². The first kappa shape index (κ1) is 29.1. The Hall–Kier alpha value is -3.51. The zero-order chi connectivity index (χ0) is 28.4.